The summed E-state index contributed by atoms with van der Waals surface area (Å²) in [6, 6.07) is 14.6. The summed E-state index contributed by atoms with van der Waals surface area (Å²) >= 11 is 6.15. The minimum Gasteiger partial charge on any atom is -0.343 e. The Labute approximate surface area is 147 Å². The molecular weight excluding hydrogens is 340 g/mol. The molecule has 3 aromatic heterocycles. The summed E-state index contributed by atoms with van der Waals surface area (Å²) in [7, 11) is 0. The molecule has 0 aliphatic rings. The van der Waals surface area contributed by atoms with Crippen LogP contribution in [0.5, 0.6) is 0 Å². The van der Waals surface area contributed by atoms with Crippen molar-refractivity contribution < 1.29 is 4.79 Å². The van der Waals surface area contributed by atoms with Crippen molar-refractivity contribution in [3.05, 3.63) is 77.5 Å². The van der Waals surface area contributed by atoms with E-state index in [1.165, 1.54) is 0 Å². The van der Waals surface area contributed by atoms with Gasteiger partial charge in [-0.05, 0) is 30.3 Å². The molecule has 25 heavy (non-hydrogen) atoms. The number of hydrogen-bond acceptors (Lipinski definition) is 4. The smallest absolute Gasteiger partial charge is 0.272 e. The van der Waals surface area contributed by atoms with Crippen LogP contribution in [-0.2, 0) is 6.54 Å². The monoisotopic (exact) mass is 352 g/mol. The van der Waals surface area contributed by atoms with Crippen molar-refractivity contribution in [2.45, 2.75) is 6.54 Å². The van der Waals surface area contributed by atoms with E-state index in [4.69, 9.17) is 11.6 Å². The van der Waals surface area contributed by atoms with Gasteiger partial charge in [-0.3, -0.25) is 9.20 Å². The van der Waals surface area contributed by atoms with E-state index in [2.05, 4.69) is 20.6 Å². The van der Waals surface area contributed by atoms with Crippen LogP contribution in [-0.4, -0.2) is 30.3 Å². The number of benzene rings is 1. The van der Waals surface area contributed by atoms with Gasteiger partial charge in [-0.15, -0.1) is 10.2 Å². The van der Waals surface area contributed by atoms with Gasteiger partial charge in [-0.2, -0.15) is 5.10 Å². The van der Waals surface area contributed by atoms with Gasteiger partial charge in [0.25, 0.3) is 5.91 Å². The van der Waals surface area contributed by atoms with Gasteiger partial charge in [0.15, 0.2) is 17.2 Å². The zero-order valence-electron chi connectivity index (χ0n) is 13.0. The van der Waals surface area contributed by atoms with E-state index in [0.717, 1.165) is 5.65 Å². The van der Waals surface area contributed by atoms with Crippen LogP contribution in [0.4, 0.5) is 0 Å². The lowest BCUT2D eigenvalue weighted by Gasteiger charge is -2.04. The minimum atomic E-state index is -0.293. The molecular formula is C17H13ClN6O. The number of nitrogens with zero attached hydrogens (tertiary/aromatic N) is 5. The summed E-state index contributed by atoms with van der Waals surface area (Å²) in [5.74, 6) is 0.355. The molecule has 0 saturated carbocycles. The van der Waals surface area contributed by atoms with Crippen LogP contribution in [0.25, 0.3) is 11.3 Å². The van der Waals surface area contributed by atoms with E-state index in [1.807, 2.05) is 47.0 Å². The van der Waals surface area contributed by atoms with Crippen molar-refractivity contribution in [3.8, 4) is 5.69 Å². The Hall–Kier alpha value is -3.19. The van der Waals surface area contributed by atoms with Crippen molar-refractivity contribution >= 4 is 23.2 Å². The number of carbonyl (C=O) groups is 1. The molecule has 1 aromatic carbocycles. The lowest BCUT2D eigenvalue weighted by atomic mass is 10.3. The topological polar surface area (TPSA) is 77.1 Å². The predicted octanol–water partition coefficient (Wildman–Crippen LogP) is 2.50. The Morgan fingerprint density at radius 3 is 2.76 bits per heavy atom. The molecule has 0 radical (unpaired) electrons. The first-order valence-electron chi connectivity index (χ1n) is 7.60. The van der Waals surface area contributed by atoms with Crippen LogP contribution in [0.2, 0.25) is 5.02 Å². The SMILES string of the molecule is O=C(NCc1nnc2ccccn12)c1ccn(-c2ccccc2Cl)n1. The third-order valence-corrected chi connectivity index (χ3v) is 4.03. The first-order valence-corrected chi connectivity index (χ1v) is 7.97. The van der Waals surface area contributed by atoms with Gasteiger partial charge < -0.3 is 5.32 Å². The van der Waals surface area contributed by atoms with E-state index < -0.39 is 0 Å². The number of hydrogen-bond donors (Lipinski definition) is 1. The van der Waals surface area contributed by atoms with E-state index in [1.54, 1.807) is 23.0 Å². The molecule has 8 heteroatoms. The average Bonchev–Trinajstić information content (AvgIpc) is 3.27. The maximum atomic E-state index is 12.3. The fourth-order valence-electron chi connectivity index (χ4n) is 2.48. The normalized spacial score (nSPS) is 10.9. The highest BCUT2D eigenvalue weighted by molar-refractivity contribution is 6.32. The molecule has 1 N–H and O–H groups in total. The highest BCUT2D eigenvalue weighted by Gasteiger charge is 2.13. The number of fused-ring (bicyclic) bond motifs is 1. The first-order chi connectivity index (χ1) is 12.2. The second-order valence-electron chi connectivity index (χ2n) is 5.32. The van der Waals surface area contributed by atoms with Gasteiger partial charge >= 0.3 is 0 Å². The quantitative estimate of drug-likeness (QED) is 0.612. The Morgan fingerprint density at radius 2 is 1.88 bits per heavy atom. The van der Waals surface area contributed by atoms with Crippen LogP contribution in [0, 0.1) is 0 Å². The average molecular weight is 353 g/mol. The molecule has 4 rings (SSSR count). The molecule has 124 valence electrons. The van der Waals surface area contributed by atoms with E-state index in [-0.39, 0.29) is 12.5 Å². The Kier molecular flexibility index (Phi) is 3.91. The highest BCUT2D eigenvalue weighted by Crippen LogP contribution is 2.19. The molecule has 0 aliphatic heterocycles. The molecule has 3 heterocycles. The molecule has 1 amide bonds. The van der Waals surface area contributed by atoms with Gasteiger partial charge in [-0.1, -0.05) is 29.8 Å². The van der Waals surface area contributed by atoms with E-state index in [0.29, 0.717) is 22.2 Å². The fraction of sp³-hybridized carbons (Fsp3) is 0.0588. The minimum absolute atomic E-state index is 0.253. The summed E-state index contributed by atoms with van der Waals surface area (Å²) in [5, 5.41) is 15.8. The number of nitrogens with one attached hydrogen (secondary N) is 1. The van der Waals surface area contributed by atoms with Crippen LogP contribution < -0.4 is 5.32 Å². The van der Waals surface area contributed by atoms with Crippen molar-refractivity contribution in [2.24, 2.45) is 0 Å². The largest absolute Gasteiger partial charge is 0.343 e. The molecule has 0 spiro atoms. The van der Waals surface area contributed by atoms with E-state index >= 15 is 0 Å². The Bertz CT molecular complexity index is 1050. The first kappa shape index (κ1) is 15.3. The molecule has 0 unspecified atom stereocenters. The second-order valence-corrected chi connectivity index (χ2v) is 5.73. The summed E-state index contributed by atoms with van der Waals surface area (Å²) in [6.07, 6.45) is 3.55. The maximum Gasteiger partial charge on any atom is 0.272 e. The number of para-hydroxylation sites is 1. The fourth-order valence-corrected chi connectivity index (χ4v) is 2.70. The molecule has 0 aliphatic carbocycles. The van der Waals surface area contributed by atoms with Gasteiger partial charge in [-0.25, -0.2) is 4.68 Å². The van der Waals surface area contributed by atoms with Gasteiger partial charge in [0, 0.05) is 12.4 Å². The lowest BCUT2D eigenvalue weighted by molar-refractivity contribution is 0.0944. The third-order valence-electron chi connectivity index (χ3n) is 3.71. The van der Waals surface area contributed by atoms with Gasteiger partial charge in [0.05, 0.1) is 17.3 Å². The number of amides is 1. The number of rotatable bonds is 4. The number of halogens is 1. The van der Waals surface area contributed by atoms with Crippen molar-refractivity contribution in [2.75, 3.05) is 0 Å². The van der Waals surface area contributed by atoms with Crippen molar-refractivity contribution in [1.82, 2.24) is 29.7 Å². The summed E-state index contributed by atoms with van der Waals surface area (Å²) in [5.41, 5.74) is 1.75. The second kappa shape index (κ2) is 6.37. The molecule has 0 saturated heterocycles. The third kappa shape index (κ3) is 2.97. The summed E-state index contributed by atoms with van der Waals surface area (Å²) in [6.45, 7) is 0.253. The molecule has 0 atom stereocenters. The Balaban J connectivity index is 1.50. The standard InChI is InChI=1S/C17H13ClN6O/c18-12-5-1-2-6-14(12)24-10-8-13(22-24)17(25)19-11-16-21-20-15-7-3-4-9-23(15)16/h1-10H,11H2,(H,19,25). The molecule has 0 bridgehead atoms. The van der Waals surface area contributed by atoms with Crippen LogP contribution in [0.3, 0.4) is 0 Å². The van der Waals surface area contributed by atoms with Gasteiger partial charge in [0.2, 0.25) is 0 Å². The van der Waals surface area contributed by atoms with Crippen molar-refractivity contribution in [1.29, 1.82) is 0 Å². The van der Waals surface area contributed by atoms with Crippen LogP contribution in [0.1, 0.15) is 16.3 Å². The maximum absolute atomic E-state index is 12.3. The zero-order valence-corrected chi connectivity index (χ0v) is 13.8. The molecule has 7 nitrogen and oxygen atoms in total. The van der Waals surface area contributed by atoms with Crippen molar-refractivity contribution in [3.63, 3.8) is 0 Å². The zero-order chi connectivity index (χ0) is 17.2. The van der Waals surface area contributed by atoms with Crippen LogP contribution >= 0.6 is 11.6 Å². The number of pyridine rings is 1. The predicted molar refractivity (Wildman–Crippen MR) is 92.7 cm³/mol. The molecule has 0 fully saturated rings. The number of aromatic nitrogens is 5. The summed E-state index contributed by atoms with van der Waals surface area (Å²) < 4.78 is 3.40. The Morgan fingerprint density at radius 1 is 1.04 bits per heavy atom. The van der Waals surface area contributed by atoms with Gasteiger partial charge in [0.1, 0.15) is 0 Å². The van der Waals surface area contributed by atoms with E-state index in [9.17, 15) is 4.79 Å². The summed E-state index contributed by atoms with van der Waals surface area (Å²) in [4.78, 5) is 12.3. The number of carbonyl (C=O) groups excluding carboxylic acids is 1. The lowest BCUT2D eigenvalue weighted by Crippen LogP contribution is -2.24. The van der Waals surface area contributed by atoms with Crippen LogP contribution in [0.15, 0.2) is 60.9 Å². The highest BCUT2D eigenvalue weighted by atomic mass is 35.5. The molecule has 4 aromatic rings.